The molecular weight excluding hydrogens is 260 g/mol. The third kappa shape index (κ3) is 3.05. The van der Waals surface area contributed by atoms with Gasteiger partial charge < -0.3 is 14.8 Å². The Balaban J connectivity index is 2.15. The highest BCUT2D eigenvalue weighted by Gasteiger charge is 2.13. The first-order valence-corrected chi connectivity index (χ1v) is 6.15. The van der Waals surface area contributed by atoms with Crippen LogP contribution in [-0.4, -0.2) is 34.8 Å². The highest BCUT2D eigenvalue weighted by atomic mass is 16.5. The van der Waals surface area contributed by atoms with E-state index in [1.165, 1.54) is 0 Å². The lowest BCUT2D eigenvalue weighted by molar-refractivity contribution is 0.101. The van der Waals surface area contributed by atoms with E-state index < -0.39 is 0 Å². The smallest absolute Gasteiger partial charge is 0.295 e. The summed E-state index contributed by atoms with van der Waals surface area (Å²) in [6.07, 6.45) is 0. The van der Waals surface area contributed by atoms with Gasteiger partial charge in [-0.2, -0.15) is 0 Å². The molecular formula is C13H16N4O3. The van der Waals surface area contributed by atoms with Gasteiger partial charge in [-0.3, -0.25) is 9.89 Å². The lowest BCUT2D eigenvalue weighted by atomic mass is 10.2. The molecule has 0 bridgehead atoms. The number of nitrogens with one attached hydrogen (secondary N) is 2. The summed E-state index contributed by atoms with van der Waals surface area (Å²) < 4.78 is 10.6. The molecule has 2 rings (SSSR count). The molecule has 1 aromatic carbocycles. The highest BCUT2D eigenvalue weighted by molar-refractivity contribution is 6.01. The molecule has 0 radical (unpaired) electrons. The van der Waals surface area contributed by atoms with Crippen molar-refractivity contribution < 1.29 is 14.3 Å². The number of hydrogen-bond donors (Lipinski definition) is 2. The van der Waals surface area contributed by atoms with Gasteiger partial charge in [-0.15, -0.1) is 5.10 Å². The van der Waals surface area contributed by atoms with Crippen molar-refractivity contribution in [2.24, 2.45) is 0 Å². The fourth-order valence-corrected chi connectivity index (χ4v) is 1.65. The molecule has 0 aliphatic heterocycles. The third-order valence-corrected chi connectivity index (χ3v) is 2.52. The second-order valence-electron chi connectivity index (χ2n) is 4.00. The van der Waals surface area contributed by atoms with E-state index in [9.17, 15) is 4.79 Å². The molecule has 0 aliphatic rings. The number of aryl methyl sites for hydroxylation is 1. The van der Waals surface area contributed by atoms with E-state index >= 15 is 0 Å². The van der Waals surface area contributed by atoms with E-state index in [-0.39, 0.29) is 11.7 Å². The normalized spacial score (nSPS) is 10.2. The fraction of sp³-hybridized carbons (Fsp3) is 0.308. The third-order valence-electron chi connectivity index (χ3n) is 2.52. The summed E-state index contributed by atoms with van der Waals surface area (Å²) >= 11 is 0. The number of nitrogens with zero attached hydrogens (tertiary/aromatic N) is 2. The average molecular weight is 276 g/mol. The molecule has 0 saturated carbocycles. The van der Waals surface area contributed by atoms with Gasteiger partial charge in [0.1, 0.15) is 5.82 Å². The van der Waals surface area contributed by atoms with Crippen LogP contribution in [-0.2, 0) is 0 Å². The number of H-pyrrole nitrogens is 1. The minimum atomic E-state index is -0.388. The van der Waals surface area contributed by atoms with Crippen molar-refractivity contribution >= 4 is 11.6 Å². The number of rotatable bonds is 5. The van der Waals surface area contributed by atoms with Gasteiger partial charge in [0, 0.05) is 11.8 Å². The summed E-state index contributed by atoms with van der Waals surface area (Å²) in [5.41, 5.74) is 0.581. The molecule has 0 saturated heterocycles. The number of anilines is 1. The van der Waals surface area contributed by atoms with E-state index in [4.69, 9.17) is 9.47 Å². The van der Waals surface area contributed by atoms with Gasteiger partial charge in [-0.1, -0.05) is 0 Å². The van der Waals surface area contributed by atoms with Crippen LogP contribution >= 0.6 is 0 Å². The van der Waals surface area contributed by atoms with Crippen molar-refractivity contribution in [2.45, 2.75) is 13.8 Å². The Morgan fingerprint density at radius 1 is 1.40 bits per heavy atom. The molecule has 1 amide bonds. The number of amides is 1. The maximum Gasteiger partial charge on any atom is 0.295 e. The number of benzene rings is 1. The van der Waals surface area contributed by atoms with Gasteiger partial charge in [0.2, 0.25) is 5.82 Å². The van der Waals surface area contributed by atoms with E-state index in [0.29, 0.717) is 29.6 Å². The van der Waals surface area contributed by atoms with Crippen molar-refractivity contribution in [2.75, 3.05) is 19.0 Å². The molecule has 7 heteroatoms. The summed E-state index contributed by atoms with van der Waals surface area (Å²) in [4.78, 5) is 15.9. The Bertz CT molecular complexity index is 609. The molecule has 2 N–H and O–H groups in total. The number of aromatic amines is 1. The van der Waals surface area contributed by atoms with Gasteiger partial charge in [-0.05, 0) is 26.0 Å². The quantitative estimate of drug-likeness (QED) is 0.868. The predicted octanol–water partition coefficient (Wildman–Crippen LogP) is 1.77. The second-order valence-corrected chi connectivity index (χ2v) is 4.00. The number of carbonyl (C=O) groups is 1. The van der Waals surface area contributed by atoms with Crippen LogP contribution in [0.15, 0.2) is 18.2 Å². The Morgan fingerprint density at radius 3 is 2.80 bits per heavy atom. The summed E-state index contributed by atoms with van der Waals surface area (Å²) in [6, 6.07) is 5.15. The van der Waals surface area contributed by atoms with E-state index in [0.717, 1.165) is 0 Å². The molecule has 20 heavy (non-hydrogen) atoms. The molecule has 1 heterocycles. The van der Waals surface area contributed by atoms with Crippen LogP contribution in [0.4, 0.5) is 5.69 Å². The maximum absolute atomic E-state index is 11.9. The summed E-state index contributed by atoms with van der Waals surface area (Å²) in [5.74, 6) is 1.47. The van der Waals surface area contributed by atoms with Crippen molar-refractivity contribution in [1.82, 2.24) is 15.2 Å². The van der Waals surface area contributed by atoms with Crippen LogP contribution in [0.3, 0.4) is 0 Å². The van der Waals surface area contributed by atoms with Crippen LogP contribution in [0.2, 0.25) is 0 Å². The highest BCUT2D eigenvalue weighted by Crippen LogP contribution is 2.30. The van der Waals surface area contributed by atoms with Crippen molar-refractivity contribution in [3.05, 3.63) is 29.8 Å². The number of ether oxygens (including phenoxy) is 2. The van der Waals surface area contributed by atoms with Gasteiger partial charge in [0.15, 0.2) is 11.5 Å². The van der Waals surface area contributed by atoms with Gasteiger partial charge >= 0.3 is 0 Å². The topological polar surface area (TPSA) is 89.1 Å². The summed E-state index contributed by atoms with van der Waals surface area (Å²) in [6.45, 7) is 4.16. The van der Waals surface area contributed by atoms with Crippen molar-refractivity contribution in [3.63, 3.8) is 0 Å². The van der Waals surface area contributed by atoms with Crippen LogP contribution in [0.1, 0.15) is 23.4 Å². The van der Waals surface area contributed by atoms with Crippen molar-refractivity contribution in [1.29, 1.82) is 0 Å². The van der Waals surface area contributed by atoms with Gasteiger partial charge in [0.25, 0.3) is 5.91 Å². The maximum atomic E-state index is 11.9. The van der Waals surface area contributed by atoms with Crippen LogP contribution < -0.4 is 14.8 Å². The monoisotopic (exact) mass is 276 g/mol. The number of carbonyl (C=O) groups excluding carboxylic acids is 1. The Hall–Kier alpha value is -2.57. The average Bonchev–Trinajstić information content (AvgIpc) is 2.87. The Morgan fingerprint density at radius 2 is 2.20 bits per heavy atom. The number of methoxy groups -OCH3 is 1. The molecule has 0 fully saturated rings. The first-order chi connectivity index (χ1) is 9.63. The lowest BCUT2D eigenvalue weighted by Crippen LogP contribution is -2.14. The first-order valence-electron chi connectivity index (χ1n) is 6.15. The standard InChI is InChI=1S/C13H16N4O3/c1-4-20-10-6-5-9(7-11(10)19-3)15-13(18)12-14-8(2)16-17-12/h5-7H,4H2,1-3H3,(H,15,18)(H,14,16,17). The van der Waals surface area contributed by atoms with Crippen LogP contribution in [0.5, 0.6) is 11.5 Å². The lowest BCUT2D eigenvalue weighted by Gasteiger charge is -2.11. The molecule has 0 aliphatic carbocycles. The minimum Gasteiger partial charge on any atom is -0.493 e. The molecule has 2 aromatic rings. The van der Waals surface area contributed by atoms with E-state index in [2.05, 4.69) is 20.5 Å². The van der Waals surface area contributed by atoms with Crippen LogP contribution in [0, 0.1) is 6.92 Å². The summed E-state index contributed by atoms with van der Waals surface area (Å²) in [5, 5.41) is 9.11. The predicted molar refractivity (Wildman–Crippen MR) is 73.2 cm³/mol. The zero-order valence-corrected chi connectivity index (χ0v) is 11.6. The largest absolute Gasteiger partial charge is 0.493 e. The van der Waals surface area contributed by atoms with E-state index in [1.807, 2.05) is 6.92 Å². The number of hydrogen-bond acceptors (Lipinski definition) is 5. The molecule has 0 unspecified atom stereocenters. The fourth-order valence-electron chi connectivity index (χ4n) is 1.65. The summed E-state index contributed by atoms with van der Waals surface area (Å²) in [7, 11) is 1.54. The SMILES string of the molecule is CCOc1ccc(NC(=O)c2n[nH]c(C)n2)cc1OC. The molecule has 106 valence electrons. The zero-order chi connectivity index (χ0) is 14.5. The zero-order valence-electron chi connectivity index (χ0n) is 11.6. The molecule has 0 spiro atoms. The van der Waals surface area contributed by atoms with Gasteiger partial charge in [0.05, 0.1) is 13.7 Å². The molecule has 7 nitrogen and oxygen atoms in total. The second kappa shape index (κ2) is 6.05. The Labute approximate surface area is 116 Å². The van der Waals surface area contributed by atoms with Gasteiger partial charge in [-0.25, -0.2) is 4.98 Å². The molecule has 1 aromatic heterocycles. The van der Waals surface area contributed by atoms with Crippen LogP contribution in [0.25, 0.3) is 0 Å². The first kappa shape index (κ1) is 13.9. The molecule has 0 atom stereocenters. The van der Waals surface area contributed by atoms with Crippen molar-refractivity contribution in [3.8, 4) is 11.5 Å². The Kier molecular flexibility index (Phi) is 4.19. The minimum absolute atomic E-state index is 0.0929. The van der Waals surface area contributed by atoms with E-state index in [1.54, 1.807) is 32.2 Å². The number of aromatic nitrogens is 3.